The maximum atomic E-state index is 12.5. The van der Waals surface area contributed by atoms with Crippen molar-refractivity contribution in [2.45, 2.75) is 25.7 Å². The van der Waals surface area contributed by atoms with Crippen molar-refractivity contribution in [1.29, 1.82) is 0 Å². The van der Waals surface area contributed by atoms with E-state index in [0.29, 0.717) is 10.0 Å². The molecular weight excluding hydrogens is 320 g/mol. The third kappa shape index (κ3) is 3.08. The molecule has 1 aromatic heterocycles. The first-order valence-electron chi connectivity index (χ1n) is 7.53. The fourth-order valence-electron chi connectivity index (χ4n) is 3.86. The van der Waals surface area contributed by atoms with Crippen LogP contribution in [0.1, 0.15) is 24.1 Å². The van der Waals surface area contributed by atoms with Crippen LogP contribution >= 0.6 is 11.3 Å². The topological polar surface area (TPSA) is 108 Å². The number of carboxylic acid groups (broad SMARTS) is 1. The molecule has 7 nitrogen and oxygen atoms in total. The Bertz CT molecular complexity index is 644. The van der Waals surface area contributed by atoms with E-state index < -0.39 is 17.8 Å². The quantitative estimate of drug-likeness (QED) is 0.769. The van der Waals surface area contributed by atoms with Crippen LogP contribution in [0.5, 0.6) is 0 Å². The molecule has 124 valence electrons. The number of carboxylic acids is 1. The second-order valence-electron chi connectivity index (χ2n) is 6.08. The Balaban J connectivity index is 1.67. The molecule has 0 unspecified atom stereocenters. The number of aromatic nitrogens is 1. The van der Waals surface area contributed by atoms with Crippen molar-refractivity contribution < 1.29 is 24.2 Å². The number of rotatable bonds is 5. The lowest BCUT2D eigenvalue weighted by Crippen LogP contribution is -2.43. The van der Waals surface area contributed by atoms with E-state index >= 15 is 0 Å². The number of esters is 1. The summed E-state index contributed by atoms with van der Waals surface area (Å²) in [5.41, 5.74) is 0. The number of methoxy groups -OCH3 is 1. The van der Waals surface area contributed by atoms with E-state index in [4.69, 9.17) is 0 Å². The molecule has 1 aromatic rings. The number of amides is 1. The zero-order valence-corrected chi connectivity index (χ0v) is 13.4. The highest BCUT2D eigenvalue weighted by Gasteiger charge is 2.51. The molecule has 2 bridgehead atoms. The van der Waals surface area contributed by atoms with E-state index in [9.17, 15) is 19.5 Å². The molecule has 23 heavy (non-hydrogen) atoms. The van der Waals surface area contributed by atoms with Gasteiger partial charge in [-0.05, 0) is 31.1 Å². The van der Waals surface area contributed by atoms with Crippen molar-refractivity contribution in [1.82, 2.24) is 4.98 Å². The molecule has 2 aliphatic carbocycles. The average molecular weight is 337 g/mol. The summed E-state index contributed by atoms with van der Waals surface area (Å²) in [4.78, 5) is 39.8. The van der Waals surface area contributed by atoms with E-state index in [1.165, 1.54) is 24.6 Å². The minimum Gasteiger partial charge on any atom is -0.550 e. The monoisotopic (exact) mass is 337 g/mol. The summed E-state index contributed by atoms with van der Waals surface area (Å²) in [6.07, 6.45) is 4.13. The lowest BCUT2D eigenvalue weighted by molar-refractivity contribution is -0.314. The number of carbonyl (C=O) groups is 3. The van der Waals surface area contributed by atoms with Gasteiger partial charge in [0.2, 0.25) is 5.91 Å². The molecule has 8 heteroatoms. The molecule has 0 aromatic carbocycles. The Morgan fingerprint density at radius 3 is 2.70 bits per heavy atom. The van der Waals surface area contributed by atoms with E-state index in [1.807, 2.05) is 0 Å². The van der Waals surface area contributed by atoms with E-state index in [1.54, 1.807) is 0 Å². The van der Waals surface area contributed by atoms with Gasteiger partial charge in [0.15, 0.2) is 5.13 Å². The predicted octanol–water partition coefficient (Wildman–Crippen LogP) is 0.209. The van der Waals surface area contributed by atoms with Gasteiger partial charge < -0.3 is 20.0 Å². The first-order chi connectivity index (χ1) is 11.0. The highest BCUT2D eigenvalue weighted by Crippen LogP contribution is 2.52. The van der Waals surface area contributed by atoms with Crippen LogP contribution in [0.2, 0.25) is 0 Å². The number of thiazole rings is 1. The number of nitrogens with zero attached hydrogens (tertiary/aromatic N) is 1. The lowest BCUT2D eigenvalue weighted by Gasteiger charge is -2.30. The van der Waals surface area contributed by atoms with Gasteiger partial charge in [-0.25, -0.2) is 4.98 Å². The van der Waals surface area contributed by atoms with E-state index in [0.717, 1.165) is 19.3 Å². The van der Waals surface area contributed by atoms with Crippen LogP contribution in [0, 0.1) is 23.7 Å². The Labute approximate surface area is 137 Å². The molecule has 3 rings (SSSR count). The van der Waals surface area contributed by atoms with Crippen molar-refractivity contribution in [2.24, 2.45) is 23.7 Å². The first kappa shape index (κ1) is 15.9. The van der Waals surface area contributed by atoms with E-state index in [-0.39, 0.29) is 30.1 Å². The van der Waals surface area contributed by atoms with Crippen molar-refractivity contribution in [3.63, 3.8) is 0 Å². The van der Waals surface area contributed by atoms with Crippen molar-refractivity contribution in [3.8, 4) is 0 Å². The summed E-state index contributed by atoms with van der Waals surface area (Å²) in [6.45, 7) is 0. The molecular formula is C15H17N2O5S-. The third-order valence-corrected chi connectivity index (χ3v) is 5.73. The van der Waals surface area contributed by atoms with Gasteiger partial charge in [0.1, 0.15) is 0 Å². The molecule has 0 saturated heterocycles. The Morgan fingerprint density at radius 1 is 1.35 bits per heavy atom. The maximum Gasteiger partial charge on any atom is 0.310 e. The number of hydrogen-bond acceptors (Lipinski definition) is 7. The van der Waals surface area contributed by atoms with Crippen LogP contribution in [-0.2, 0) is 25.5 Å². The van der Waals surface area contributed by atoms with Gasteiger partial charge in [-0.15, -0.1) is 11.3 Å². The zero-order valence-electron chi connectivity index (χ0n) is 12.6. The number of anilines is 1. The lowest BCUT2D eigenvalue weighted by atomic mass is 9.79. The predicted molar refractivity (Wildman–Crippen MR) is 79.3 cm³/mol. The fourth-order valence-corrected chi connectivity index (χ4v) is 4.66. The van der Waals surface area contributed by atoms with Gasteiger partial charge in [-0.2, -0.15) is 0 Å². The van der Waals surface area contributed by atoms with Crippen molar-refractivity contribution in [3.05, 3.63) is 11.1 Å². The Hall–Kier alpha value is -1.96. The second kappa shape index (κ2) is 6.27. The van der Waals surface area contributed by atoms with Gasteiger partial charge in [0.25, 0.3) is 0 Å². The summed E-state index contributed by atoms with van der Waals surface area (Å²) in [5.74, 6) is -2.93. The summed E-state index contributed by atoms with van der Waals surface area (Å²) < 4.78 is 4.58. The SMILES string of the molecule is COC(=O)Cc1cnc(NC(=O)[C@@H]2[C@@H]3CC[C@@H](C3)[C@@H]2C(=O)[O-])s1. The van der Waals surface area contributed by atoms with Crippen LogP contribution < -0.4 is 10.4 Å². The largest absolute Gasteiger partial charge is 0.550 e. The number of nitrogens with one attached hydrogen (secondary N) is 1. The van der Waals surface area contributed by atoms with Gasteiger partial charge in [-0.3, -0.25) is 9.59 Å². The zero-order chi connectivity index (χ0) is 16.6. The molecule has 4 atom stereocenters. The summed E-state index contributed by atoms with van der Waals surface area (Å²) in [6, 6.07) is 0. The molecule has 1 heterocycles. The summed E-state index contributed by atoms with van der Waals surface area (Å²) in [7, 11) is 1.31. The molecule has 0 aliphatic heterocycles. The minimum absolute atomic E-state index is 0.0481. The second-order valence-corrected chi connectivity index (χ2v) is 7.19. The molecule has 2 fully saturated rings. The van der Waals surface area contributed by atoms with Gasteiger partial charge >= 0.3 is 5.97 Å². The number of aliphatic carboxylic acids is 1. The minimum atomic E-state index is -1.14. The Morgan fingerprint density at radius 2 is 2.04 bits per heavy atom. The van der Waals surface area contributed by atoms with Gasteiger partial charge in [-0.1, -0.05) is 0 Å². The Kier molecular flexibility index (Phi) is 4.34. The van der Waals surface area contributed by atoms with Crippen LogP contribution in [0.25, 0.3) is 0 Å². The number of carbonyl (C=O) groups excluding carboxylic acids is 3. The molecule has 0 radical (unpaired) electrons. The van der Waals surface area contributed by atoms with Gasteiger partial charge in [0.05, 0.1) is 13.5 Å². The molecule has 1 N–H and O–H groups in total. The highest BCUT2D eigenvalue weighted by atomic mass is 32.1. The maximum absolute atomic E-state index is 12.5. The third-order valence-electron chi connectivity index (χ3n) is 4.82. The number of ether oxygens (including phenoxy) is 1. The average Bonchev–Trinajstić information content (AvgIpc) is 3.22. The van der Waals surface area contributed by atoms with E-state index in [2.05, 4.69) is 15.0 Å². The fraction of sp³-hybridized carbons (Fsp3) is 0.600. The van der Waals surface area contributed by atoms with Crippen molar-refractivity contribution in [2.75, 3.05) is 12.4 Å². The molecule has 2 aliphatic rings. The summed E-state index contributed by atoms with van der Waals surface area (Å²) in [5, 5.41) is 14.4. The van der Waals surface area contributed by atoms with Crippen molar-refractivity contribution >= 4 is 34.3 Å². The van der Waals surface area contributed by atoms with Gasteiger partial charge in [0, 0.05) is 28.9 Å². The van der Waals surface area contributed by atoms with Crippen LogP contribution in [0.15, 0.2) is 6.20 Å². The summed E-state index contributed by atoms with van der Waals surface area (Å²) >= 11 is 1.19. The molecule has 2 saturated carbocycles. The molecule has 1 amide bonds. The van der Waals surface area contributed by atoms with Crippen LogP contribution in [-0.4, -0.2) is 29.9 Å². The standard InChI is InChI=1S/C15H18N2O5S/c1-22-10(18)5-9-6-16-15(23-9)17-13(19)11-7-2-3-8(4-7)12(11)14(20)21/h6-8,11-12H,2-5H2,1H3,(H,20,21)(H,16,17,19)/p-1/t7-,8+,11-,12+/m1/s1. The van der Waals surface area contributed by atoms with Crippen LogP contribution in [0.3, 0.4) is 0 Å². The normalized spacial score (nSPS) is 28.6. The van der Waals surface area contributed by atoms with Crippen LogP contribution in [0.4, 0.5) is 5.13 Å². The molecule has 0 spiro atoms. The smallest absolute Gasteiger partial charge is 0.310 e. The highest BCUT2D eigenvalue weighted by molar-refractivity contribution is 7.15. The first-order valence-corrected chi connectivity index (χ1v) is 8.34. The number of fused-ring (bicyclic) bond motifs is 2. The number of hydrogen-bond donors (Lipinski definition) is 1.